The molecule has 0 aliphatic rings. The summed E-state index contributed by atoms with van der Waals surface area (Å²) in [5.41, 5.74) is 1.87. The summed E-state index contributed by atoms with van der Waals surface area (Å²) < 4.78 is 6.71. The fourth-order valence-electron chi connectivity index (χ4n) is 1.82. The summed E-state index contributed by atoms with van der Waals surface area (Å²) in [6, 6.07) is 15.1. The molecule has 0 bridgehead atoms. The predicted octanol–water partition coefficient (Wildman–Crippen LogP) is 4.01. The first-order valence-corrected chi connectivity index (χ1v) is 7.78. The Bertz CT molecular complexity index is 599. The zero-order chi connectivity index (χ0) is 15.1. The number of anilines is 1. The molecule has 0 aromatic heterocycles. The maximum atomic E-state index is 11.7. The number of carbonyl (C=O) groups excluding carboxylic acids is 1. The van der Waals surface area contributed by atoms with Crippen molar-refractivity contribution in [2.45, 2.75) is 13.3 Å². The number of halogens is 1. The third-order valence-corrected chi connectivity index (χ3v) is 3.64. The number of carbonyl (C=O) groups is 1. The molecule has 110 valence electrons. The molecule has 0 aliphatic carbocycles. The van der Waals surface area contributed by atoms with E-state index in [1.165, 1.54) is 0 Å². The SMILES string of the molecule is CCc1ccccc1OCNC(=O)Nc1ccc(I)cc1. The van der Waals surface area contributed by atoms with Gasteiger partial charge in [0.1, 0.15) is 5.75 Å². The molecule has 2 N–H and O–H groups in total. The maximum absolute atomic E-state index is 11.7. The standard InChI is InChI=1S/C16H17IN2O2/c1-2-12-5-3-4-6-15(12)21-11-18-16(20)19-14-9-7-13(17)8-10-14/h3-10H,2,11H2,1H3,(H2,18,19,20). The summed E-state index contributed by atoms with van der Waals surface area (Å²) in [6.45, 7) is 2.20. The second-order valence-corrected chi connectivity index (χ2v) is 5.63. The van der Waals surface area contributed by atoms with Crippen molar-refractivity contribution in [3.8, 4) is 5.75 Å². The highest BCUT2D eigenvalue weighted by molar-refractivity contribution is 14.1. The number of benzene rings is 2. The van der Waals surface area contributed by atoms with E-state index in [0.29, 0.717) is 0 Å². The van der Waals surface area contributed by atoms with E-state index in [4.69, 9.17) is 4.74 Å². The smallest absolute Gasteiger partial charge is 0.321 e. The Kier molecular flexibility index (Phi) is 5.86. The lowest BCUT2D eigenvalue weighted by atomic mass is 10.1. The van der Waals surface area contributed by atoms with Gasteiger partial charge in [0.2, 0.25) is 0 Å². The van der Waals surface area contributed by atoms with Gasteiger partial charge in [-0.3, -0.25) is 0 Å². The Labute approximate surface area is 138 Å². The maximum Gasteiger partial charge on any atom is 0.321 e. The van der Waals surface area contributed by atoms with Crippen molar-refractivity contribution >= 4 is 34.3 Å². The zero-order valence-corrected chi connectivity index (χ0v) is 13.9. The van der Waals surface area contributed by atoms with Gasteiger partial charge in [0.15, 0.2) is 6.73 Å². The van der Waals surface area contributed by atoms with Crippen LogP contribution in [-0.4, -0.2) is 12.8 Å². The largest absolute Gasteiger partial charge is 0.473 e. The van der Waals surface area contributed by atoms with E-state index < -0.39 is 0 Å². The van der Waals surface area contributed by atoms with Crippen LogP contribution in [0.1, 0.15) is 12.5 Å². The first-order valence-electron chi connectivity index (χ1n) is 6.70. The van der Waals surface area contributed by atoms with E-state index in [9.17, 15) is 4.79 Å². The molecule has 0 heterocycles. The summed E-state index contributed by atoms with van der Waals surface area (Å²) in [4.78, 5) is 11.7. The number of hydrogen-bond acceptors (Lipinski definition) is 2. The molecule has 0 atom stereocenters. The van der Waals surface area contributed by atoms with Crippen LogP contribution in [0.25, 0.3) is 0 Å². The highest BCUT2D eigenvalue weighted by atomic mass is 127. The molecule has 0 spiro atoms. The van der Waals surface area contributed by atoms with E-state index in [1.54, 1.807) is 0 Å². The Hall–Kier alpha value is -1.76. The van der Waals surface area contributed by atoms with E-state index in [1.807, 2.05) is 48.5 Å². The molecular formula is C16H17IN2O2. The predicted molar refractivity (Wildman–Crippen MR) is 92.6 cm³/mol. The molecule has 0 radical (unpaired) electrons. The van der Waals surface area contributed by atoms with Gasteiger partial charge in [0, 0.05) is 9.26 Å². The minimum atomic E-state index is -0.287. The Morgan fingerprint density at radius 1 is 1.14 bits per heavy atom. The number of nitrogens with one attached hydrogen (secondary N) is 2. The Balaban J connectivity index is 1.80. The third-order valence-electron chi connectivity index (χ3n) is 2.92. The first kappa shape index (κ1) is 15.6. The quantitative estimate of drug-likeness (QED) is 0.593. The molecule has 0 saturated heterocycles. The number of ether oxygens (including phenoxy) is 1. The molecule has 0 saturated carbocycles. The Morgan fingerprint density at radius 2 is 1.86 bits per heavy atom. The monoisotopic (exact) mass is 396 g/mol. The average Bonchev–Trinajstić information content (AvgIpc) is 2.50. The van der Waals surface area contributed by atoms with Gasteiger partial charge in [-0.2, -0.15) is 0 Å². The minimum Gasteiger partial charge on any atom is -0.473 e. The number of para-hydroxylation sites is 1. The highest BCUT2D eigenvalue weighted by Crippen LogP contribution is 2.17. The van der Waals surface area contributed by atoms with Crippen LogP contribution in [0.15, 0.2) is 48.5 Å². The third kappa shape index (κ3) is 4.93. The molecule has 2 aromatic rings. The Morgan fingerprint density at radius 3 is 2.57 bits per heavy atom. The van der Waals surface area contributed by atoms with Crippen LogP contribution >= 0.6 is 22.6 Å². The average molecular weight is 396 g/mol. The first-order chi connectivity index (χ1) is 10.2. The van der Waals surface area contributed by atoms with Crippen molar-refractivity contribution in [2.75, 3.05) is 12.0 Å². The van der Waals surface area contributed by atoms with E-state index in [2.05, 4.69) is 40.1 Å². The lowest BCUT2D eigenvalue weighted by Crippen LogP contribution is -2.32. The summed E-state index contributed by atoms with van der Waals surface area (Å²) in [5.74, 6) is 0.801. The van der Waals surface area contributed by atoms with E-state index >= 15 is 0 Å². The van der Waals surface area contributed by atoms with Crippen molar-refractivity contribution in [1.29, 1.82) is 0 Å². The number of amides is 2. The van der Waals surface area contributed by atoms with E-state index in [0.717, 1.165) is 27.0 Å². The van der Waals surface area contributed by atoms with Crippen LogP contribution in [0, 0.1) is 3.57 Å². The van der Waals surface area contributed by atoms with Crippen molar-refractivity contribution in [3.63, 3.8) is 0 Å². The van der Waals surface area contributed by atoms with Gasteiger partial charge >= 0.3 is 6.03 Å². The van der Waals surface area contributed by atoms with Crippen molar-refractivity contribution in [2.24, 2.45) is 0 Å². The lowest BCUT2D eigenvalue weighted by molar-refractivity contribution is 0.234. The molecule has 0 unspecified atom stereocenters. The number of urea groups is 1. The molecule has 2 aromatic carbocycles. The molecule has 21 heavy (non-hydrogen) atoms. The van der Waals surface area contributed by atoms with Gasteiger partial charge in [0.05, 0.1) is 0 Å². The molecule has 4 nitrogen and oxygen atoms in total. The molecule has 0 aliphatic heterocycles. The minimum absolute atomic E-state index is 0.132. The summed E-state index contributed by atoms with van der Waals surface area (Å²) in [5, 5.41) is 5.42. The summed E-state index contributed by atoms with van der Waals surface area (Å²) in [7, 11) is 0. The van der Waals surface area contributed by atoms with Crippen LogP contribution in [0.4, 0.5) is 10.5 Å². The normalized spacial score (nSPS) is 10.0. The molecule has 5 heteroatoms. The van der Waals surface area contributed by atoms with Crippen LogP contribution in [0.5, 0.6) is 5.75 Å². The second-order valence-electron chi connectivity index (χ2n) is 4.39. The van der Waals surface area contributed by atoms with Crippen molar-refractivity contribution in [1.82, 2.24) is 5.32 Å². The van der Waals surface area contributed by atoms with Gasteiger partial charge in [-0.1, -0.05) is 25.1 Å². The summed E-state index contributed by atoms with van der Waals surface area (Å²) >= 11 is 2.22. The molecule has 0 fully saturated rings. The second kappa shape index (κ2) is 7.87. The topological polar surface area (TPSA) is 50.4 Å². The molecule has 2 rings (SSSR count). The fourth-order valence-corrected chi connectivity index (χ4v) is 2.18. The van der Waals surface area contributed by atoms with Gasteiger partial charge in [-0.25, -0.2) is 4.79 Å². The van der Waals surface area contributed by atoms with Gasteiger partial charge in [0.25, 0.3) is 0 Å². The van der Waals surface area contributed by atoms with Crippen LogP contribution < -0.4 is 15.4 Å². The van der Waals surface area contributed by atoms with E-state index in [-0.39, 0.29) is 12.8 Å². The number of rotatable bonds is 5. The van der Waals surface area contributed by atoms with Crippen LogP contribution in [0.2, 0.25) is 0 Å². The lowest BCUT2D eigenvalue weighted by Gasteiger charge is -2.11. The van der Waals surface area contributed by atoms with Crippen LogP contribution in [-0.2, 0) is 6.42 Å². The summed E-state index contributed by atoms with van der Waals surface area (Å²) in [6.07, 6.45) is 0.894. The highest BCUT2D eigenvalue weighted by Gasteiger charge is 2.03. The van der Waals surface area contributed by atoms with Crippen LogP contribution in [0.3, 0.4) is 0 Å². The molecule has 2 amide bonds. The number of aryl methyl sites for hydroxylation is 1. The zero-order valence-electron chi connectivity index (χ0n) is 11.7. The van der Waals surface area contributed by atoms with Gasteiger partial charge in [-0.15, -0.1) is 0 Å². The van der Waals surface area contributed by atoms with Crippen molar-refractivity contribution in [3.05, 3.63) is 57.7 Å². The fraction of sp³-hybridized carbons (Fsp3) is 0.188. The van der Waals surface area contributed by atoms with Gasteiger partial charge < -0.3 is 15.4 Å². The van der Waals surface area contributed by atoms with Crippen molar-refractivity contribution < 1.29 is 9.53 Å². The van der Waals surface area contributed by atoms with Gasteiger partial charge in [-0.05, 0) is 64.9 Å². The number of hydrogen-bond donors (Lipinski definition) is 2. The molecular weight excluding hydrogens is 379 g/mol.